The number of benzene rings is 1. The number of nitrogens with zero attached hydrogens (tertiary/aromatic N) is 4. The zero-order chi connectivity index (χ0) is 15.6. The van der Waals surface area contributed by atoms with Gasteiger partial charge in [0, 0.05) is 35.5 Å². The fourth-order valence-corrected chi connectivity index (χ4v) is 2.79. The van der Waals surface area contributed by atoms with Crippen molar-refractivity contribution in [3.05, 3.63) is 55.0 Å². The van der Waals surface area contributed by atoms with Gasteiger partial charge in [-0.2, -0.15) is 9.61 Å². The van der Waals surface area contributed by atoms with Gasteiger partial charge in [0.1, 0.15) is 5.82 Å². The molecule has 5 nitrogen and oxygen atoms in total. The minimum atomic E-state index is 0.837. The Bertz CT molecular complexity index is 968. The van der Waals surface area contributed by atoms with E-state index < -0.39 is 0 Å². The van der Waals surface area contributed by atoms with Crippen molar-refractivity contribution in [1.82, 2.24) is 19.6 Å². The van der Waals surface area contributed by atoms with Gasteiger partial charge in [-0.05, 0) is 18.6 Å². The fourth-order valence-electron chi connectivity index (χ4n) is 2.79. The molecule has 1 N–H and O–H groups in total. The Hall–Kier alpha value is -2.95. The molecule has 114 valence electrons. The second-order valence-corrected chi connectivity index (χ2v) is 5.43. The lowest BCUT2D eigenvalue weighted by Crippen LogP contribution is -2.06. The molecule has 3 heterocycles. The average molecular weight is 303 g/mol. The van der Waals surface area contributed by atoms with E-state index in [4.69, 9.17) is 0 Å². The molecule has 0 amide bonds. The molecule has 0 fully saturated rings. The molecule has 23 heavy (non-hydrogen) atoms. The summed E-state index contributed by atoms with van der Waals surface area (Å²) in [5, 5.41) is 9.02. The molecule has 0 saturated carbocycles. The Kier molecular flexibility index (Phi) is 3.38. The molecule has 0 aliphatic heterocycles. The molecule has 0 aliphatic carbocycles. The van der Waals surface area contributed by atoms with Gasteiger partial charge in [-0.3, -0.25) is 4.98 Å². The maximum atomic E-state index is 4.54. The van der Waals surface area contributed by atoms with Gasteiger partial charge in [0.05, 0.1) is 11.7 Å². The Morgan fingerprint density at radius 3 is 2.83 bits per heavy atom. The zero-order valence-electron chi connectivity index (χ0n) is 12.9. The number of hydrogen-bond donors (Lipinski definition) is 1. The van der Waals surface area contributed by atoms with Crippen molar-refractivity contribution in [3.63, 3.8) is 0 Å². The van der Waals surface area contributed by atoms with Crippen LogP contribution < -0.4 is 5.32 Å². The summed E-state index contributed by atoms with van der Waals surface area (Å²) in [6.07, 6.45) is 6.56. The van der Waals surface area contributed by atoms with Gasteiger partial charge in [-0.15, -0.1) is 0 Å². The van der Waals surface area contributed by atoms with Crippen molar-refractivity contribution in [2.24, 2.45) is 0 Å². The Labute approximate surface area is 134 Å². The van der Waals surface area contributed by atoms with Crippen LogP contribution in [0, 0.1) is 0 Å². The first-order valence-electron chi connectivity index (χ1n) is 7.79. The second-order valence-electron chi connectivity index (χ2n) is 5.43. The van der Waals surface area contributed by atoms with E-state index >= 15 is 0 Å². The van der Waals surface area contributed by atoms with Crippen molar-refractivity contribution in [3.8, 4) is 11.1 Å². The van der Waals surface area contributed by atoms with Gasteiger partial charge in [0.25, 0.3) is 0 Å². The van der Waals surface area contributed by atoms with Gasteiger partial charge in [0.15, 0.2) is 5.65 Å². The summed E-state index contributed by atoms with van der Waals surface area (Å²) in [7, 11) is 0. The van der Waals surface area contributed by atoms with Crippen LogP contribution in [0.15, 0.2) is 55.0 Å². The maximum absolute atomic E-state index is 4.54. The van der Waals surface area contributed by atoms with Crippen LogP contribution in [-0.2, 0) is 0 Å². The summed E-state index contributed by atoms with van der Waals surface area (Å²) < 4.78 is 1.85. The molecule has 4 rings (SSSR count). The lowest BCUT2D eigenvalue weighted by molar-refractivity contribution is 0.903. The fraction of sp³-hybridized carbons (Fsp3) is 0.167. The summed E-state index contributed by atoms with van der Waals surface area (Å²) in [4.78, 5) is 9.06. The van der Waals surface area contributed by atoms with Gasteiger partial charge in [-0.1, -0.05) is 31.2 Å². The molecule has 0 bridgehead atoms. The summed E-state index contributed by atoms with van der Waals surface area (Å²) in [6.45, 7) is 3.05. The monoisotopic (exact) mass is 303 g/mol. The number of hydrogen-bond acceptors (Lipinski definition) is 4. The number of fused-ring (bicyclic) bond motifs is 2. The first-order chi connectivity index (χ1) is 11.4. The minimum absolute atomic E-state index is 0.837. The molecule has 0 saturated heterocycles. The lowest BCUT2D eigenvalue weighted by Gasteiger charge is -2.07. The molecule has 5 heteroatoms. The summed E-state index contributed by atoms with van der Waals surface area (Å²) >= 11 is 0. The molecule has 4 aromatic rings. The van der Waals surface area contributed by atoms with E-state index in [9.17, 15) is 0 Å². The van der Waals surface area contributed by atoms with E-state index in [-0.39, 0.29) is 0 Å². The molecule has 0 spiro atoms. The molecular formula is C18H17N5. The highest BCUT2D eigenvalue weighted by Gasteiger charge is 2.13. The molecule has 0 atom stereocenters. The largest absolute Gasteiger partial charge is 0.370 e. The van der Waals surface area contributed by atoms with E-state index in [1.54, 1.807) is 0 Å². The molecule has 3 aromatic heterocycles. The van der Waals surface area contributed by atoms with Crippen molar-refractivity contribution in [2.75, 3.05) is 11.9 Å². The maximum Gasteiger partial charge on any atom is 0.165 e. The third kappa shape index (κ3) is 2.30. The van der Waals surface area contributed by atoms with E-state index in [1.807, 2.05) is 41.3 Å². The normalized spacial score (nSPS) is 11.2. The van der Waals surface area contributed by atoms with E-state index in [2.05, 4.69) is 45.5 Å². The van der Waals surface area contributed by atoms with Crippen LogP contribution in [0.25, 0.3) is 27.7 Å². The lowest BCUT2D eigenvalue weighted by atomic mass is 10.0. The van der Waals surface area contributed by atoms with Gasteiger partial charge in [0.2, 0.25) is 0 Å². The van der Waals surface area contributed by atoms with E-state index in [1.165, 1.54) is 0 Å². The van der Waals surface area contributed by atoms with E-state index in [0.717, 1.165) is 46.5 Å². The standard InChI is InChI=1S/C18H17N5/c1-2-9-19-16-8-11-21-18-15(12-22-23(16)18)14-7-3-5-13-6-4-10-20-17(13)14/h3-8,10-12,19H,2,9H2,1H3. The third-order valence-corrected chi connectivity index (χ3v) is 3.88. The minimum Gasteiger partial charge on any atom is -0.370 e. The predicted octanol–water partition coefficient (Wildman–Crippen LogP) is 3.77. The smallest absolute Gasteiger partial charge is 0.165 e. The van der Waals surface area contributed by atoms with Crippen LogP contribution in [0.1, 0.15) is 13.3 Å². The molecule has 1 aromatic carbocycles. The SMILES string of the molecule is CCCNc1ccnc2c(-c3cccc4cccnc34)cnn12. The van der Waals surface area contributed by atoms with E-state index in [0.29, 0.717) is 0 Å². The van der Waals surface area contributed by atoms with Crippen LogP contribution in [0.5, 0.6) is 0 Å². The first kappa shape index (κ1) is 13.7. The molecular weight excluding hydrogens is 286 g/mol. The number of anilines is 1. The van der Waals surface area contributed by atoms with Crippen LogP contribution in [0.2, 0.25) is 0 Å². The van der Waals surface area contributed by atoms with Crippen LogP contribution in [-0.4, -0.2) is 26.1 Å². The summed E-state index contributed by atoms with van der Waals surface area (Å²) in [5.74, 6) is 0.955. The van der Waals surface area contributed by atoms with Crippen LogP contribution in [0.3, 0.4) is 0 Å². The highest BCUT2D eigenvalue weighted by atomic mass is 15.3. The third-order valence-electron chi connectivity index (χ3n) is 3.88. The number of nitrogens with one attached hydrogen (secondary N) is 1. The van der Waals surface area contributed by atoms with Crippen molar-refractivity contribution >= 4 is 22.4 Å². The molecule has 0 radical (unpaired) electrons. The van der Waals surface area contributed by atoms with Gasteiger partial charge in [-0.25, -0.2) is 4.98 Å². The van der Waals surface area contributed by atoms with Crippen molar-refractivity contribution < 1.29 is 0 Å². The Morgan fingerprint density at radius 1 is 1.00 bits per heavy atom. The van der Waals surface area contributed by atoms with Gasteiger partial charge < -0.3 is 5.32 Å². The van der Waals surface area contributed by atoms with Crippen molar-refractivity contribution in [2.45, 2.75) is 13.3 Å². The molecule has 0 aliphatic rings. The number of para-hydroxylation sites is 1. The van der Waals surface area contributed by atoms with Crippen LogP contribution in [0.4, 0.5) is 5.82 Å². The zero-order valence-corrected chi connectivity index (χ0v) is 12.9. The van der Waals surface area contributed by atoms with Crippen LogP contribution >= 0.6 is 0 Å². The predicted molar refractivity (Wildman–Crippen MR) is 92.5 cm³/mol. The summed E-state index contributed by atoms with van der Waals surface area (Å²) in [5.41, 5.74) is 3.86. The van der Waals surface area contributed by atoms with Crippen molar-refractivity contribution in [1.29, 1.82) is 0 Å². The quantitative estimate of drug-likeness (QED) is 0.623. The number of rotatable bonds is 4. The summed E-state index contributed by atoms with van der Waals surface area (Å²) in [6, 6.07) is 12.1. The Morgan fingerprint density at radius 2 is 1.91 bits per heavy atom. The molecule has 0 unspecified atom stereocenters. The topological polar surface area (TPSA) is 55.1 Å². The average Bonchev–Trinajstić information content (AvgIpc) is 3.04. The highest BCUT2D eigenvalue weighted by Crippen LogP contribution is 2.30. The van der Waals surface area contributed by atoms with Gasteiger partial charge >= 0.3 is 0 Å². The number of pyridine rings is 1. The Balaban J connectivity index is 1.92. The highest BCUT2D eigenvalue weighted by molar-refractivity contribution is 5.96. The number of aromatic nitrogens is 4. The second kappa shape index (κ2) is 5.68. The first-order valence-corrected chi connectivity index (χ1v) is 7.79.